The van der Waals surface area contributed by atoms with E-state index >= 15 is 0 Å². The molecule has 0 atom stereocenters. The average molecular weight is 273 g/mol. The van der Waals surface area contributed by atoms with Gasteiger partial charge in [0.1, 0.15) is 0 Å². The summed E-state index contributed by atoms with van der Waals surface area (Å²) < 4.78 is 10.8. The first-order valence-corrected chi connectivity index (χ1v) is 6.93. The van der Waals surface area contributed by atoms with E-state index in [0.29, 0.717) is 17.5 Å². The minimum absolute atomic E-state index is 0.327. The van der Waals surface area contributed by atoms with Crippen LogP contribution < -0.4 is 5.73 Å². The number of nitrogen functional groups attached to an aromatic ring is 1. The standard InChI is InChI=1S/C15H19N3O2/c1-9-7-10(2)13(16)12(8-9)15-17-14(18-20-15)11-3-5-19-6-4-11/h7-8,11H,3-6,16H2,1-2H3. The van der Waals surface area contributed by atoms with Gasteiger partial charge in [-0.3, -0.25) is 0 Å². The molecule has 5 heteroatoms. The molecule has 20 heavy (non-hydrogen) atoms. The van der Waals surface area contributed by atoms with Crippen LogP contribution in [0.25, 0.3) is 11.5 Å². The first-order chi connectivity index (χ1) is 9.65. The molecule has 2 aromatic rings. The Labute approximate surface area is 118 Å². The molecule has 1 saturated heterocycles. The highest BCUT2D eigenvalue weighted by Gasteiger charge is 2.22. The predicted molar refractivity (Wildman–Crippen MR) is 76.4 cm³/mol. The quantitative estimate of drug-likeness (QED) is 0.852. The molecule has 2 heterocycles. The minimum Gasteiger partial charge on any atom is -0.398 e. The lowest BCUT2D eigenvalue weighted by atomic mass is 10.00. The Morgan fingerprint density at radius 3 is 2.70 bits per heavy atom. The van der Waals surface area contributed by atoms with Crippen LogP contribution in [-0.4, -0.2) is 23.4 Å². The van der Waals surface area contributed by atoms with Crippen molar-refractivity contribution in [3.05, 3.63) is 29.1 Å². The van der Waals surface area contributed by atoms with Gasteiger partial charge in [0.15, 0.2) is 5.82 Å². The topological polar surface area (TPSA) is 74.2 Å². The van der Waals surface area contributed by atoms with E-state index < -0.39 is 0 Å². The number of benzene rings is 1. The van der Waals surface area contributed by atoms with Gasteiger partial charge in [-0.2, -0.15) is 4.98 Å². The summed E-state index contributed by atoms with van der Waals surface area (Å²) in [6, 6.07) is 4.04. The van der Waals surface area contributed by atoms with Crippen LogP contribution in [0.2, 0.25) is 0 Å². The van der Waals surface area contributed by atoms with Gasteiger partial charge in [-0.05, 0) is 43.9 Å². The molecular formula is C15H19N3O2. The highest BCUT2D eigenvalue weighted by molar-refractivity contribution is 5.74. The second kappa shape index (κ2) is 5.25. The third kappa shape index (κ3) is 2.41. The highest BCUT2D eigenvalue weighted by atomic mass is 16.5. The van der Waals surface area contributed by atoms with Crippen LogP contribution in [-0.2, 0) is 4.74 Å². The SMILES string of the molecule is Cc1cc(C)c(N)c(-c2nc(C3CCOCC3)no2)c1. The number of nitrogens with two attached hydrogens (primary N) is 1. The molecule has 1 aromatic carbocycles. The first kappa shape index (κ1) is 13.1. The first-order valence-electron chi connectivity index (χ1n) is 6.93. The summed E-state index contributed by atoms with van der Waals surface area (Å²) in [6.45, 7) is 5.55. The number of aromatic nitrogens is 2. The molecule has 1 fully saturated rings. The van der Waals surface area contributed by atoms with Crippen LogP contribution >= 0.6 is 0 Å². The third-order valence-corrected chi connectivity index (χ3v) is 3.79. The highest BCUT2D eigenvalue weighted by Crippen LogP contribution is 2.31. The molecule has 106 valence electrons. The van der Waals surface area contributed by atoms with Crippen LogP contribution in [0.1, 0.15) is 35.7 Å². The molecule has 0 aliphatic carbocycles. The summed E-state index contributed by atoms with van der Waals surface area (Å²) in [5.74, 6) is 1.60. The Bertz CT molecular complexity index is 616. The Hall–Kier alpha value is -1.88. The van der Waals surface area contributed by atoms with Crippen LogP contribution in [0.15, 0.2) is 16.7 Å². The fourth-order valence-electron chi connectivity index (χ4n) is 2.62. The van der Waals surface area contributed by atoms with Gasteiger partial charge in [0.25, 0.3) is 5.89 Å². The lowest BCUT2D eigenvalue weighted by molar-refractivity contribution is 0.0830. The van der Waals surface area contributed by atoms with E-state index in [9.17, 15) is 0 Å². The van der Waals surface area contributed by atoms with Gasteiger partial charge in [0.05, 0.1) is 5.56 Å². The molecule has 0 bridgehead atoms. The normalized spacial score (nSPS) is 16.5. The Balaban J connectivity index is 1.93. The van der Waals surface area contributed by atoms with E-state index in [2.05, 4.69) is 16.2 Å². The summed E-state index contributed by atoms with van der Waals surface area (Å²) in [5, 5.41) is 4.12. The van der Waals surface area contributed by atoms with Crippen molar-refractivity contribution < 1.29 is 9.26 Å². The van der Waals surface area contributed by atoms with E-state index in [4.69, 9.17) is 15.0 Å². The molecule has 2 N–H and O–H groups in total. The number of anilines is 1. The van der Waals surface area contributed by atoms with Crippen LogP contribution in [0.3, 0.4) is 0 Å². The second-order valence-corrected chi connectivity index (χ2v) is 5.39. The maximum absolute atomic E-state index is 6.12. The zero-order valence-corrected chi connectivity index (χ0v) is 11.8. The van der Waals surface area contributed by atoms with Gasteiger partial charge in [-0.15, -0.1) is 0 Å². The van der Waals surface area contributed by atoms with Crippen molar-refractivity contribution in [3.8, 4) is 11.5 Å². The second-order valence-electron chi connectivity index (χ2n) is 5.39. The Morgan fingerprint density at radius 2 is 1.95 bits per heavy atom. The van der Waals surface area contributed by atoms with E-state index in [0.717, 1.165) is 48.6 Å². The number of aryl methyl sites for hydroxylation is 2. The van der Waals surface area contributed by atoms with Gasteiger partial charge in [0, 0.05) is 24.8 Å². The largest absolute Gasteiger partial charge is 0.398 e. The third-order valence-electron chi connectivity index (χ3n) is 3.79. The van der Waals surface area contributed by atoms with Crippen molar-refractivity contribution >= 4 is 5.69 Å². The van der Waals surface area contributed by atoms with Gasteiger partial charge in [-0.1, -0.05) is 11.2 Å². The van der Waals surface area contributed by atoms with Gasteiger partial charge < -0.3 is 15.0 Å². The summed E-state index contributed by atoms with van der Waals surface area (Å²) in [6.07, 6.45) is 1.89. The lowest BCUT2D eigenvalue weighted by Crippen LogP contribution is -2.15. The molecule has 0 spiro atoms. The van der Waals surface area contributed by atoms with Crippen molar-refractivity contribution in [1.29, 1.82) is 0 Å². The van der Waals surface area contributed by atoms with Gasteiger partial charge in [0.2, 0.25) is 0 Å². The lowest BCUT2D eigenvalue weighted by Gasteiger charge is -2.18. The smallest absolute Gasteiger partial charge is 0.260 e. The van der Waals surface area contributed by atoms with E-state index in [1.807, 2.05) is 19.9 Å². The molecule has 0 saturated carbocycles. The van der Waals surface area contributed by atoms with Crippen LogP contribution in [0.5, 0.6) is 0 Å². The summed E-state index contributed by atoms with van der Waals surface area (Å²) in [4.78, 5) is 4.53. The zero-order chi connectivity index (χ0) is 14.1. The summed E-state index contributed by atoms with van der Waals surface area (Å²) in [5.41, 5.74) is 9.83. The Kier molecular flexibility index (Phi) is 3.44. The van der Waals surface area contributed by atoms with Crippen molar-refractivity contribution in [2.75, 3.05) is 18.9 Å². The Morgan fingerprint density at radius 1 is 1.20 bits per heavy atom. The molecule has 1 aliphatic rings. The zero-order valence-electron chi connectivity index (χ0n) is 11.8. The number of hydrogen-bond acceptors (Lipinski definition) is 5. The molecular weight excluding hydrogens is 254 g/mol. The predicted octanol–water partition coefficient (Wildman–Crippen LogP) is 2.83. The van der Waals surface area contributed by atoms with E-state index in [1.54, 1.807) is 0 Å². The minimum atomic E-state index is 0.327. The maximum Gasteiger partial charge on any atom is 0.260 e. The summed E-state index contributed by atoms with van der Waals surface area (Å²) >= 11 is 0. The summed E-state index contributed by atoms with van der Waals surface area (Å²) in [7, 11) is 0. The van der Waals surface area contributed by atoms with Crippen molar-refractivity contribution in [2.24, 2.45) is 0 Å². The number of rotatable bonds is 2. The number of ether oxygens (including phenoxy) is 1. The van der Waals surface area contributed by atoms with Crippen molar-refractivity contribution in [1.82, 2.24) is 10.1 Å². The molecule has 5 nitrogen and oxygen atoms in total. The fraction of sp³-hybridized carbons (Fsp3) is 0.467. The van der Waals surface area contributed by atoms with Crippen LogP contribution in [0, 0.1) is 13.8 Å². The van der Waals surface area contributed by atoms with Gasteiger partial charge >= 0.3 is 0 Å². The monoisotopic (exact) mass is 273 g/mol. The molecule has 0 unspecified atom stereocenters. The molecule has 0 amide bonds. The van der Waals surface area contributed by atoms with Gasteiger partial charge in [-0.25, -0.2) is 0 Å². The number of nitrogens with zero attached hydrogens (tertiary/aromatic N) is 2. The van der Waals surface area contributed by atoms with Crippen LogP contribution in [0.4, 0.5) is 5.69 Å². The van der Waals surface area contributed by atoms with E-state index in [1.165, 1.54) is 0 Å². The maximum atomic E-state index is 6.12. The molecule has 0 radical (unpaired) electrons. The molecule has 1 aromatic heterocycles. The number of hydrogen-bond donors (Lipinski definition) is 1. The molecule has 1 aliphatic heterocycles. The fourth-order valence-corrected chi connectivity index (χ4v) is 2.62. The molecule has 3 rings (SSSR count). The van der Waals surface area contributed by atoms with Crippen molar-refractivity contribution in [2.45, 2.75) is 32.6 Å². The average Bonchev–Trinajstić information content (AvgIpc) is 2.93. The van der Waals surface area contributed by atoms with Crippen molar-refractivity contribution in [3.63, 3.8) is 0 Å². The van der Waals surface area contributed by atoms with E-state index in [-0.39, 0.29) is 0 Å².